The highest BCUT2D eigenvalue weighted by atomic mass is 16.5. The summed E-state index contributed by atoms with van der Waals surface area (Å²) in [5, 5.41) is 8.19. The first-order chi connectivity index (χ1) is 13.5. The smallest absolute Gasteiger partial charge is 0.249 e. The van der Waals surface area contributed by atoms with Gasteiger partial charge in [-0.2, -0.15) is 10.2 Å². The Bertz CT molecular complexity index is 765. The second-order valence-electron chi connectivity index (χ2n) is 7.39. The van der Waals surface area contributed by atoms with E-state index in [9.17, 15) is 9.59 Å². The molecule has 0 spiro atoms. The Hall–Kier alpha value is -2.70. The molecule has 2 heterocycles. The van der Waals surface area contributed by atoms with Crippen molar-refractivity contribution in [2.45, 2.75) is 52.4 Å². The van der Waals surface area contributed by atoms with Gasteiger partial charge in [-0.25, -0.2) is 10.9 Å². The molecule has 0 saturated heterocycles. The van der Waals surface area contributed by atoms with Crippen LogP contribution in [0.15, 0.2) is 34.5 Å². The number of amides is 2. The van der Waals surface area contributed by atoms with Crippen LogP contribution < -0.4 is 15.6 Å². The number of nitrogens with one attached hydrogen (secondary N) is 2. The van der Waals surface area contributed by atoms with Crippen molar-refractivity contribution in [3.63, 3.8) is 0 Å². The Morgan fingerprint density at radius 1 is 0.964 bits per heavy atom. The molecule has 1 aromatic rings. The Morgan fingerprint density at radius 2 is 1.57 bits per heavy atom. The van der Waals surface area contributed by atoms with E-state index in [0.29, 0.717) is 23.8 Å². The van der Waals surface area contributed by atoms with Crippen LogP contribution in [0.5, 0.6) is 5.75 Å². The van der Waals surface area contributed by atoms with Crippen LogP contribution in [0.25, 0.3) is 0 Å². The van der Waals surface area contributed by atoms with Gasteiger partial charge in [-0.05, 0) is 31.9 Å². The van der Waals surface area contributed by atoms with E-state index in [1.807, 2.05) is 38.1 Å². The molecule has 7 nitrogen and oxygen atoms in total. The molecule has 2 aliphatic rings. The lowest BCUT2D eigenvalue weighted by Gasteiger charge is -2.28. The van der Waals surface area contributed by atoms with Crippen LogP contribution in [0.2, 0.25) is 0 Å². The minimum atomic E-state index is -0.538. The van der Waals surface area contributed by atoms with E-state index in [2.05, 4.69) is 28.0 Å². The summed E-state index contributed by atoms with van der Waals surface area (Å²) in [7, 11) is 0. The molecule has 2 amide bonds. The fourth-order valence-electron chi connectivity index (χ4n) is 3.94. The fourth-order valence-corrected chi connectivity index (χ4v) is 3.94. The standard InChI is InChI=1S/C21H28N4O3/c1-4-5-6-9-12-28-16-11-8-7-10-15(16)19(17-13(2)22-24-20(17)26)18-14(3)23-25-21(18)27/h7-8,10-11,17-19H,4-6,9,12H2,1-3H3,(H,24,26)(H,25,27). The van der Waals surface area contributed by atoms with Crippen molar-refractivity contribution in [1.82, 2.24) is 10.9 Å². The lowest BCUT2D eigenvalue weighted by atomic mass is 9.73. The van der Waals surface area contributed by atoms with Gasteiger partial charge in [0.15, 0.2) is 0 Å². The van der Waals surface area contributed by atoms with Gasteiger partial charge >= 0.3 is 0 Å². The molecular weight excluding hydrogens is 356 g/mol. The predicted octanol–water partition coefficient (Wildman–Crippen LogP) is 2.97. The van der Waals surface area contributed by atoms with Gasteiger partial charge in [-0.3, -0.25) is 9.59 Å². The third kappa shape index (κ3) is 4.08. The number of unbranched alkanes of at least 4 members (excludes halogenated alkanes) is 3. The normalized spacial score (nSPS) is 22.4. The predicted molar refractivity (Wildman–Crippen MR) is 108 cm³/mol. The van der Waals surface area contributed by atoms with Crippen LogP contribution in [0.1, 0.15) is 57.9 Å². The van der Waals surface area contributed by atoms with Gasteiger partial charge in [-0.1, -0.05) is 44.4 Å². The first-order valence-corrected chi connectivity index (χ1v) is 9.94. The maximum atomic E-state index is 12.6. The molecule has 28 heavy (non-hydrogen) atoms. The van der Waals surface area contributed by atoms with Crippen molar-refractivity contribution < 1.29 is 14.3 Å². The first kappa shape index (κ1) is 20.0. The van der Waals surface area contributed by atoms with Gasteiger partial charge in [0.2, 0.25) is 11.8 Å². The number of ether oxygens (including phenoxy) is 1. The van der Waals surface area contributed by atoms with E-state index in [1.54, 1.807) is 0 Å². The number of para-hydroxylation sites is 1. The summed E-state index contributed by atoms with van der Waals surface area (Å²) in [4.78, 5) is 25.2. The minimum Gasteiger partial charge on any atom is -0.493 e. The molecular formula is C21H28N4O3. The van der Waals surface area contributed by atoms with Crippen molar-refractivity contribution in [3.8, 4) is 5.75 Å². The number of rotatable bonds is 9. The number of hydrazone groups is 2. The van der Waals surface area contributed by atoms with Gasteiger partial charge in [0.1, 0.15) is 5.75 Å². The van der Waals surface area contributed by atoms with Crippen molar-refractivity contribution in [3.05, 3.63) is 29.8 Å². The van der Waals surface area contributed by atoms with Gasteiger partial charge < -0.3 is 4.74 Å². The van der Waals surface area contributed by atoms with Crippen LogP contribution in [0.3, 0.4) is 0 Å². The first-order valence-electron chi connectivity index (χ1n) is 9.94. The molecule has 2 N–H and O–H groups in total. The lowest BCUT2D eigenvalue weighted by molar-refractivity contribution is -0.125. The zero-order chi connectivity index (χ0) is 20.1. The van der Waals surface area contributed by atoms with E-state index in [4.69, 9.17) is 4.74 Å². The van der Waals surface area contributed by atoms with E-state index in [-0.39, 0.29) is 11.8 Å². The van der Waals surface area contributed by atoms with Crippen LogP contribution in [0, 0.1) is 11.8 Å². The van der Waals surface area contributed by atoms with E-state index in [0.717, 1.165) is 18.4 Å². The average Bonchev–Trinajstić information content (AvgIpc) is 3.19. The third-order valence-electron chi connectivity index (χ3n) is 5.40. The number of hydrogen-bond acceptors (Lipinski definition) is 5. The van der Waals surface area contributed by atoms with Crippen LogP contribution in [-0.2, 0) is 9.59 Å². The molecule has 0 aromatic heterocycles. The summed E-state index contributed by atoms with van der Waals surface area (Å²) in [6.45, 7) is 6.40. The topological polar surface area (TPSA) is 92.1 Å². The molecule has 3 rings (SSSR count). The van der Waals surface area contributed by atoms with Crippen LogP contribution in [0.4, 0.5) is 0 Å². The van der Waals surface area contributed by atoms with Gasteiger partial charge in [0, 0.05) is 17.3 Å². The van der Waals surface area contributed by atoms with Gasteiger partial charge in [0.25, 0.3) is 0 Å². The van der Waals surface area contributed by atoms with Crippen LogP contribution >= 0.6 is 0 Å². The van der Waals surface area contributed by atoms with Crippen molar-refractivity contribution in [2.75, 3.05) is 6.61 Å². The second-order valence-corrected chi connectivity index (χ2v) is 7.39. The van der Waals surface area contributed by atoms with E-state index < -0.39 is 17.8 Å². The Morgan fingerprint density at radius 3 is 2.11 bits per heavy atom. The summed E-state index contributed by atoms with van der Waals surface area (Å²) in [6, 6.07) is 7.66. The molecule has 7 heteroatoms. The molecule has 2 atom stereocenters. The van der Waals surface area contributed by atoms with Crippen molar-refractivity contribution in [1.29, 1.82) is 0 Å². The molecule has 0 radical (unpaired) electrons. The summed E-state index contributed by atoms with van der Waals surface area (Å²) in [5.74, 6) is -1.19. The molecule has 0 bridgehead atoms. The van der Waals surface area contributed by atoms with Crippen molar-refractivity contribution >= 4 is 23.2 Å². The molecule has 150 valence electrons. The van der Waals surface area contributed by atoms with E-state index in [1.165, 1.54) is 12.8 Å². The van der Waals surface area contributed by atoms with Crippen LogP contribution in [-0.4, -0.2) is 29.8 Å². The largest absolute Gasteiger partial charge is 0.493 e. The maximum Gasteiger partial charge on any atom is 0.249 e. The van der Waals surface area contributed by atoms with E-state index >= 15 is 0 Å². The molecule has 2 aliphatic heterocycles. The summed E-state index contributed by atoms with van der Waals surface area (Å²) in [5.41, 5.74) is 7.26. The highest BCUT2D eigenvalue weighted by molar-refractivity contribution is 6.12. The number of carbonyl (C=O) groups excluding carboxylic acids is 2. The number of carbonyl (C=O) groups is 2. The molecule has 1 aromatic carbocycles. The number of hydrogen-bond donors (Lipinski definition) is 2. The fraction of sp³-hybridized carbons (Fsp3) is 0.524. The van der Waals surface area contributed by atoms with Gasteiger partial charge in [-0.15, -0.1) is 0 Å². The SMILES string of the molecule is CCCCCCOc1ccccc1C(C1C(=O)NN=C1C)C1C(=O)NN=C1C. The zero-order valence-corrected chi connectivity index (χ0v) is 16.7. The van der Waals surface area contributed by atoms with Crippen molar-refractivity contribution in [2.24, 2.45) is 22.0 Å². The summed E-state index contributed by atoms with van der Waals surface area (Å²) < 4.78 is 6.08. The Kier molecular flexibility index (Phi) is 6.44. The number of nitrogens with zero attached hydrogens (tertiary/aromatic N) is 2. The summed E-state index contributed by atoms with van der Waals surface area (Å²) >= 11 is 0. The second kappa shape index (κ2) is 8.99. The highest BCUT2D eigenvalue weighted by Gasteiger charge is 2.46. The highest BCUT2D eigenvalue weighted by Crippen LogP contribution is 2.41. The average molecular weight is 384 g/mol. The third-order valence-corrected chi connectivity index (χ3v) is 5.40. The lowest BCUT2D eigenvalue weighted by Crippen LogP contribution is -2.38. The maximum absolute atomic E-state index is 12.6. The molecule has 0 aliphatic carbocycles. The monoisotopic (exact) mass is 384 g/mol. The number of benzene rings is 1. The zero-order valence-electron chi connectivity index (χ0n) is 16.7. The quantitative estimate of drug-likeness (QED) is 0.641. The molecule has 0 fully saturated rings. The van der Waals surface area contributed by atoms with Gasteiger partial charge in [0.05, 0.1) is 18.4 Å². The Balaban J connectivity index is 1.93. The molecule has 2 unspecified atom stereocenters. The summed E-state index contributed by atoms with van der Waals surface area (Å²) in [6.07, 6.45) is 4.45. The Labute approximate surface area is 165 Å². The molecule has 0 saturated carbocycles. The minimum absolute atomic E-state index is 0.201.